The summed E-state index contributed by atoms with van der Waals surface area (Å²) in [6.07, 6.45) is 4.80. The quantitative estimate of drug-likeness (QED) is 0.606. The SMILES string of the molecule is CCCc1nc2ccccc2n1CC(=O)NCC1(O)CCCN(c2cc(C)ncn2)C1. The number of fused-ring (bicyclic) bond motifs is 1. The van der Waals surface area contributed by atoms with Crippen molar-refractivity contribution in [3.05, 3.63) is 48.2 Å². The molecule has 0 aliphatic carbocycles. The standard InChI is InChI=1S/C23H30N6O2/c1-3-7-20-27-18-8-4-5-9-19(18)29(20)13-22(30)24-14-23(31)10-6-11-28(15-23)21-12-17(2)25-16-26-21/h4-5,8-9,12,16,31H,3,6-7,10-11,13-15H2,1-2H3,(H,24,30). The topological polar surface area (TPSA) is 96.2 Å². The summed E-state index contributed by atoms with van der Waals surface area (Å²) >= 11 is 0. The summed E-state index contributed by atoms with van der Waals surface area (Å²) in [5, 5.41) is 14.1. The number of aromatic nitrogens is 4. The number of aliphatic hydroxyl groups is 1. The summed E-state index contributed by atoms with van der Waals surface area (Å²) in [6.45, 7) is 5.69. The van der Waals surface area contributed by atoms with Crippen molar-refractivity contribution in [2.45, 2.75) is 51.7 Å². The molecule has 164 valence electrons. The number of piperidine rings is 1. The Morgan fingerprint density at radius 1 is 1.29 bits per heavy atom. The molecule has 1 amide bonds. The predicted molar refractivity (Wildman–Crippen MR) is 120 cm³/mol. The fraction of sp³-hybridized carbons (Fsp3) is 0.478. The van der Waals surface area contributed by atoms with Crippen molar-refractivity contribution in [2.75, 3.05) is 24.5 Å². The number of anilines is 1. The number of rotatable bonds is 7. The van der Waals surface area contributed by atoms with Crippen molar-refractivity contribution in [3.63, 3.8) is 0 Å². The molecule has 3 heterocycles. The second kappa shape index (κ2) is 9.01. The number of nitrogens with zero attached hydrogens (tertiary/aromatic N) is 5. The number of amides is 1. The number of hydrogen-bond donors (Lipinski definition) is 2. The lowest BCUT2D eigenvalue weighted by molar-refractivity contribution is -0.123. The number of carbonyl (C=O) groups is 1. The first-order valence-corrected chi connectivity index (χ1v) is 10.9. The molecular weight excluding hydrogens is 392 g/mol. The number of β-amino-alcohol motifs (C(OH)–C–C–N with tert-alkyl or cyclic N) is 1. The largest absolute Gasteiger partial charge is 0.386 e. The minimum Gasteiger partial charge on any atom is -0.386 e. The Bertz CT molecular complexity index is 1070. The molecule has 1 aromatic carbocycles. The normalized spacial score (nSPS) is 19.0. The fourth-order valence-corrected chi connectivity index (χ4v) is 4.24. The van der Waals surface area contributed by atoms with Crippen LogP contribution in [-0.4, -0.2) is 55.8 Å². The van der Waals surface area contributed by atoms with Gasteiger partial charge < -0.3 is 19.9 Å². The number of imidazole rings is 1. The van der Waals surface area contributed by atoms with Crippen LogP contribution in [0.15, 0.2) is 36.7 Å². The van der Waals surface area contributed by atoms with Gasteiger partial charge in [0.1, 0.15) is 24.5 Å². The Labute approximate surface area is 182 Å². The third-order valence-electron chi connectivity index (χ3n) is 5.79. The number of carbonyl (C=O) groups excluding carboxylic acids is 1. The molecule has 0 radical (unpaired) electrons. The van der Waals surface area contributed by atoms with Gasteiger partial charge in [0.05, 0.1) is 16.6 Å². The molecule has 8 nitrogen and oxygen atoms in total. The molecule has 3 aromatic rings. The average molecular weight is 423 g/mol. The van der Waals surface area contributed by atoms with E-state index in [0.717, 1.165) is 54.2 Å². The summed E-state index contributed by atoms with van der Waals surface area (Å²) in [6, 6.07) is 9.80. The molecule has 1 atom stereocenters. The maximum absolute atomic E-state index is 12.8. The molecule has 31 heavy (non-hydrogen) atoms. The van der Waals surface area contributed by atoms with E-state index in [4.69, 9.17) is 0 Å². The van der Waals surface area contributed by atoms with Crippen molar-refractivity contribution >= 4 is 22.8 Å². The van der Waals surface area contributed by atoms with E-state index in [1.54, 1.807) is 6.33 Å². The van der Waals surface area contributed by atoms with Gasteiger partial charge in [-0.3, -0.25) is 4.79 Å². The number of para-hydroxylation sites is 2. The van der Waals surface area contributed by atoms with Crippen LogP contribution in [0.1, 0.15) is 37.7 Å². The molecule has 1 unspecified atom stereocenters. The molecule has 0 spiro atoms. The molecular formula is C23H30N6O2. The lowest BCUT2D eigenvalue weighted by Crippen LogP contribution is -2.54. The Balaban J connectivity index is 1.41. The molecule has 1 aliphatic rings. The first-order chi connectivity index (χ1) is 15.0. The van der Waals surface area contributed by atoms with Crippen LogP contribution >= 0.6 is 0 Å². The van der Waals surface area contributed by atoms with E-state index in [9.17, 15) is 9.90 Å². The predicted octanol–water partition coefficient (Wildman–Crippen LogP) is 2.23. The Kier molecular flexibility index (Phi) is 6.18. The van der Waals surface area contributed by atoms with E-state index in [1.165, 1.54) is 0 Å². The van der Waals surface area contributed by atoms with Crippen LogP contribution in [0.2, 0.25) is 0 Å². The molecule has 1 saturated heterocycles. The first kappa shape index (κ1) is 21.2. The van der Waals surface area contributed by atoms with Crippen LogP contribution in [0.3, 0.4) is 0 Å². The number of benzene rings is 1. The van der Waals surface area contributed by atoms with Crippen LogP contribution in [0.4, 0.5) is 5.82 Å². The van der Waals surface area contributed by atoms with Crippen molar-refractivity contribution in [3.8, 4) is 0 Å². The van der Waals surface area contributed by atoms with Gasteiger partial charge in [-0.05, 0) is 38.3 Å². The van der Waals surface area contributed by atoms with Crippen molar-refractivity contribution < 1.29 is 9.90 Å². The first-order valence-electron chi connectivity index (χ1n) is 10.9. The highest BCUT2D eigenvalue weighted by atomic mass is 16.3. The molecule has 2 N–H and O–H groups in total. The van der Waals surface area contributed by atoms with Crippen molar-refractivity contribution in [2.24, 2.45) is 0 Å². The fourth-order valence-electron chi connectivity index (χ4n) is 4.24. The van der Waals surface area contributed by atoms with Gasteiger partial charge in [-0.25, -0.2) is 15.0 Å². The van der Waals surface area contributed by atoms with Gasteiger partial charge in [-0.2, -0.15) is 0 Å². The van der Waals surface area contributed by atoms with E-state index in [1.807, 2.05) is 41.8 Å². The second-order valence-electron chi connectivity index (χ2n) is 8.40. The maximum Gasteiger partial charge on any atom is 0.240 e. The Morgan fingerprint density at radius 2 is 2.13 bits per heavy atom. The minimum atomic E-state index is -0.990. The number of hydrogen-bond acceptors (Lipinski definition) is 6. The monoisotopic (exact) mass is 422 g/mol. The highest BCUT2D eigenvalue weighted by Crippen LogP contribution is 2.24. The summed E-state index contributed by atoms with van der Waals surface area (Å²) in [7, 11) is 0. The lowest BCUT2D eigenvalue weighted by atomic mass is 9.92. The zero-order valence-corrected chi connectivity index (χ0v) is 18.2. The maximum atomic E-state index is 12.8. The van der Waals surface area contributed by atoms with Crippen LogP contribution in [0, 0.1) is 6.92 Å². The zero-order chi connectivity index (χ0) is 21.8. The molecule has 1 aliphatic heterocycles. The van der Waals surface area contributed by atoms with Gasteiger partial charge in [-0.1, -0.05) is 19.1 Å². The third kappa shape index (κ3) is 4.85. The molecule has 2 aromatic heterocycles. The van der Waals surface area contributed by atoms with E-state index in [-0.39, 0.29) is 19.0 Å². The summed E-state index contributed by atoms with van der Waals surface area (Å²) < 4.78 is 1.98. The Hall–Kier alpha value is -3.00. The van der Waals surface area contributed by atoms with E-state index >= 15 is 0 Å². The van der Waals surface area contributed by atoms with E-state index < -0.39 is 5.60 Å². The highest BCUT2D eigenvalue weighted by Gasteiger charge is 2.34. The smallest absolute Gasteiger partial charge is 0.240 e. The van der Waals surface area contributed by atoms with Crippen LogP contribution < -0.4 is 10.2 Å². The summed E-state index contributed by atoms with van der Waals surface area (Å²) in [4.78, 5) is 28.0. The zero-order valence-electron chi connectivity index (χ0n) is 18.2. The molecule has 1 fully saturated rings. The summed E-state index contributed by atoms with van der Waals surface area (Å²) in [5.41, 5.74) is 1.77. The highest BCUT2D eigenvalue weighted by molar-refractivity contribution is 5.81. The molecule has 8 heteroatoms. The second-order valence-corrected chi connectivity index (χ2v) is 8.40. The van der Waals surface area contributed by atoms with Gasteiger partial charge in [0.15, 0.2) is 0 Å². The van der Waals surface area contributed by atoms with Gasteiger partial charge in [0.25, 0.3) is 0 Å². The van der Waals surface area contributed by atoms with Crippen molar-refractivity contribution in [1.82, 2.24) is 24.8 Å². The number of aryl methyl sites for hydroxylation is 2. The van der Waals surface area contributed by atoms with E-state index in [0.29, 0.717) is 13.0 Å². The molecule has 0 saturated carbocycles. The van der Waals surface area contributed by atoms with E-state index in [2.05, 4.69) is 32.1 Å². The molecule has 4 rings (SSSR count). The third-order valence-corrected chi connectivity index (χ3v) is 5.79. The molecule has 0 bridgehead atoms. The minimum absolute atomic E-state index is 0.121. The summed E-state index contributed by atoms with van der Waals surface area (Å²) in [5.74, 6) is 1.61. The Morgan fingerprint density at radius 3 is 2.94 bits per heavy atom. The van der Waals surface area contributed by atoms with Crippen molar-refractivity contribution in [1.29, 1.82) is 0 Å². The van der Waals surface area contributed by atoms with Gasteiger partial charge >= 0.3 is 0 Å². The number of nitrogens with one attached hydrogen (secondary N) is 1. The van der Waals surface area contributed by atoms with Gasteiger partial charge in [0, 0.05) is 37.8 Å². The average Bonchev–Trinajstić information content (AvgIpc) is 3.10. The van der Waals surface area contributed by atoms with Crippen LogP contribution in [0.5, 0.6) is 0 Å². The van der Waals surface area contributed by atoms with Gasteiger partial charge in [0.2, 0.25) is 5.91 Å². The lowest BCUT2D eigenvalue weighted by Gasteiger charge is -2.39. The van der Waals surface area contributed by atoms with Gasteiger partial charge in [-0.15, -0.1) is 0 Å². The van der Waals surface area contributed by atoms with Crippen LogP contribution in [0.25, 0.3) is 11.0 Å². The van der Waals surface area contributed by atoms with Crippen LogP contribution in [-0.2, 0) is 17.8 Å².